The number of carbonyl (C=O) groups excluding carboxylic acids is 1. The normalized spacial score (nSPS) is 17.8. The Bertz CT molecular complexity index is 797. The van der Waals surface area contributed by atoms with Gasteiger partial charge in [0.25, 0.3) is 0 Å². The van der Waals surface area contributed by atoms with E-state index in [2.05, 4.69) is 14.9 Å². The smallest absolute Gasteiger partial charge is 0.224 e. The second-order valence-corrected chi connectivity index (χ2v) is 7.75. The van der Waals surface area contributed by atoms with E-state index in [1.807, 2.05) is 48.2 Å². The fourth-order valence-electron chi connectivity index (χ4n) is 4.12. The Morgan fingerprint density at radius 1 is 1.07 bits per heavy atom. The SMILES string of the molecule is Cc1nc(Oc2ccccc2)cc(N2CCN(C(=O)CC3CCCC3)CC2)n1. The summed E-state index contributed by atoms with van der Waals surface area (Å²) >= 11 is 0. The Labute approximate surface area is 166 Å². The van der Waals surface area contributed by atoms with Gasteiger partial charge in [-0.25, -0.2) is 4.98 Å². The topological polar surface area (TPSA) is 58.6 Å². The molecule has 1 aliphatic carbocycles. The lowest BCUT2D eigenvalue weighted by Crippen LogP contribution is -2.49. The molecule has 1 aromatic carbocycles. The number of aromatic nitrogens is 2. The highest BCUT2D eigenvalue weighted by Gasteiger charge is 2.26. The van der Waals surface area contributed by atoms with Crippen molar-refractivity contribution < 1.29 is 9.53 Å². The first-order valence-corrected chi connectivity index (χ1v) is 10.3. The van der Waals surface area contributed by atoms with Crippen molar-refractivity contribution in [3.63, 3.8) is 0 Å². The van der Waals surface area contributed by atoms with E-state index in [1.54, 1.807) is 0 Å². The lowest BCUT2D eigenvalue weighted by Gasteiger charge is -2.36. The Morgan fingerprint density at radius 2 is 1.79 bits per heavy atom. The fraction of sp³-hybridized carbons (Fsp3) is 0.500. The van der Waals surface area contributed by atoms with Crippen molar-refractivity contribution >= 4 is 11.7 Å². The van der Waals surface area contributed by atoms with Crippen molar-refractivity contribution in [3.05, 3.63) is 42.2 Å². The average molecular weight is 380 g/mol. The zero-order valence-electron chi connectivity index (χ0n) is 16.5. The molecule has 2 aliphatic rings. The van der Waals surface area contributed by atoms with Crippen molar-refractivity contribution in [1.29, 1.82) is 0 Å². The van der Waals surface area contributed by atoms with E-state index in [0.29, 0.717) is 23.5 Å². The van der Waals surface area contributed by atoms with Crippen LogP contribution in [0.1, 0.15) is 37.9 Å². The summed E-state index contributed by atoms with van der Waals surface area (Å²) in [6.45, 7) is 4.96. The monoisotopic (exact) mass is 380 g/mol. The molecule has 2 fully saturated rings. The van der Waals surface area contributed by atoms with Crippen molar-refractivity contribution in [2.75, 3.05) is 31.1 Å². The predicted molar refractivity (Wildman–Crippen MR) is 109 cm³/mol. The van der Waals surface area contributed by atoms with Gasteiger partial charge in [0, 0.05) is 38.7 Å². The van der Waals surface area contributed by atoms with E-state index in [4.69, 9.17) is 4.74 Å². The summed E-state index contributed by atoms with van der Waals surface area (Å²) in [7, 11) is 0. The molecular weight excluding hydrogens is 352 g/mol. The highest BCUT2D eigenvalue weighted by atomic mass is 16.5. The van der Waals surface area contributed by atoms with Gasteiger partial charge in [-0.05, 0) is 37.8 Å². The van der Waals surface area contributed by atoms with Crippen LogP contribution in [0.5, 0.6) is 11.6 Å². The van der Waals surface area contributed by atoms with Crippen LogP contribution in [0.4, 0.5) is 5.82 Å². The number of piperazine rings is 1. The molecule has 6 nitrogen and oxygen atoms in total. The number of para-hydroxylation sites is 1. The minimum atomic E-state index is 0.318. The molecule has 1 amide bonds. The van der Waals surface area contributed by atoms with Gasteiger partial charge in [0.2, 0.25) is 11.8 Å². The number of carbonyl (C=O) groups is 1. The van der Waals surface area contributed by atoms with Gasteiger partial charge >= 0.3 is 0 Å². The molecule has 2 heterocycles. The summed E-state index contributed by atoms with van der Waals surface area (Å²) in [5.41, 5.74) is 0. The van der Waals surface area contributed by atoms with Crippen LogP contribution in [0.2, 0.25) is 0 Å². The second-order valence-electron chi connectivity index (χ2n) is 7.75. The lowest BCUT2D eigenvalue weighted by molar-refractivity contribution is -0.132. The fourth-order valence-corrected chi connectivity index (χ4v) is 4.12. The molecule has 148 valence electrons. The van der Waals surface area contributed by atoms with E-state index < -0.39 is 0 Å². The Balaban J connectivity index is 1.36. The van der Waals surface area contributed by atoms with Gasteiger partial charge in [-0.2, -0.15) is 4.98 Å². The molecule has 0 atom stereocenters. The standard InChI is InChI=1S/C22H28N4O2/c1-17-23-20(16-21(24-17)28-19-9-3-2-4-10-19)25-11-13-26(14-12-25)22(27)15-18-7-5-6-8-18/h2-4,9-10,16,18H,5-8,11-15H2,1H3. The van der Waals surface area contributed by atoms with Crippen molar-refractivity contribution in [1.82, 2.24) is 14.9 Å². The van der Waals surface area contributed by atoms with Crippen LogP contribution in [-0.2, 0) is 4.79 Å². The average Bonchev–Trinajstić information content (AvgIpc) is 3.21. The molecule has 1 saturated heterocycles. The van der Waals surface area contributed by atoms with Crippen molar-refractivity contribution in [2.24, 2.45) is 5.92 Å². The van der Waals surface area contributed by atoms with Crippen LogP contribution in [0.3, 0.4) is 0 Å². The lowest BCUT2D eigenvalue weighted by atomic mass is 10.0. The van der Waals surface area contributed by atoms with E-state index in [1.165, 1.54) is 25.7 Å². The molecule has 1 aromatic heterocycles. The first kappa shape index (κ1) is 18.7. The summed E-state index contributed by atoms with van der Waals surface area (Å²) < 4.78 is 5.88. The third-order valence-electron chi connectivity index (χ3n) is 5.66. The van der Waals surface area contributed by atoms with Gasteiger partial charge in [0.05, 0.1) is 0 Å². The number of amides is 1. The van der Waals surface area contributed by atoms with Crippen molar-refractivity contribution in [2.45, 2.75) is 39.0 Å². The van der Waals surface area contributed by atoms with Crippen LogP contribution in [0, 0.1) is 12.8 Å². The van der Waals surface area contributed by atoms with E-state index >= 15 is 0 Å². The number of benzene rings is 1. The summed E-state index contributed by atoms with van der Waals surface area (Å²) in [5, 5.41) is 0. The molecular formula is C22H28N4O2. The van der Waals surface area contributed by atoms with Gasteiger partial charge in [-0.15, -0.1) is 0 Å². The maximum absolute atomic E-state index is 12.6. The van der Waals surface area contributed by atoms with E-state index in [9.17, 15) is 4.79 Å². The van der Waals surface area contributed by atoms with Crippen LogP contribution >= 0.6 is 0 Å². The third-order valence-corrected chi connectivity index (χ3v) is 5.66. The number of anilines is 1. The Morgan fingerprint density at radius 3 is 2.50 bits per heavy atom. The molecule has 28 heavy (non-hydrogen) atoms. The molecule has 0 unspecified atom stereocenters. The van der Waals surface area contributed by atoms with E-state index in [0.717, 1.165) is 44.2 Å². The number of hydrogen-bond donors (Lipinski definition) is 0. The maximum Gasteiger partial charge on any atom is 0.224 e. The highest BCUT2D eigenvalue weighted by Crippen LogP contribution is 2.28. The molecule has 6 heteroatoms. The quantitative estimate of drug-likeness (QED) is 0.789. The van der Waals surface area contributed by atoms with Gasteiger partial charge in [0.1, 0.15) is 17.4 Å². The van der Waals surface area contributed by atoms with Gasteiger partial charge in [-0.3, -0.25) is 4.79 Å². The van der Waals surface area contributed by atoms with Gasteiger partial charge in [-0.1, -0.05) is 31.0 Å². The third kappa shape index (κ3) is 4.61. The largest absolute Gasteiger partial charge is 0.439 e. The molecule has 0 bridgehead atoms. The maximum atomic E-state index is 12.6. The first-order valence-electron chi connectivity index (χ1n) is 10.3. The van der Waals surface area contributed by atoms with Crippen molar-refractivity contribution in [3.8, 4) is 11.6 Å². The minimum Gasteiger partial charge on any atom is -0.439 e. The zero-order chi connectivity index (χ0) is 19.3. The molecule has 1 aliphatic heterocycles. The molecule has 2 aromatic rings. The minimum absolute atomic E-state index is 0.318. The first-order chi connectivity index (χ1) is 13.7. The number of rotatable bonds is 5. The molecule has 4 rings (SSSR count). The van der Waals surface area contributed by atoms with E-state index in [-0.39, 0.29) is 0 Å². The Hall–Kier alpha value is -2.63. The van der Waals surface area contributed by atoms with Crippen LogP contribution < -0.4 is 9.64 Å². The summed E-state index contributed by atoms with van der Waals surface area (Å²) in [6.07, 6.45) is 5.73. The summed E-state index contributed by atoms with van der Waals surface area (Å²) in [4.78, 5) is 25.8. The predicted octanol–water partition coefficient (Wildman–Crippen LogP) is 3.81. The molecule has 0 spiro atoms. The summed E-state index contributed by atoms with van der Waals surface area (Å²) in [5.74, 6) is 3.78. The number of hydrogen-bond acceptors (Lipinski definition) is 5. The molecule has 1 saturated carbocycles. The van der Waals surface area contributed by atoms with Crippen LogP contribution in [-0.4, -0.2) is 47.0 Å². The van der Waals surface area contributed by atoms with Crippen LogP contribution in [0.15, 0.2) is 36.4 Å². The molecule has 0 radical (unpaired) electrons. The van der Waals surface area contributed by atoms with Crippen LogP contribution in [0.25, 0.3) is 0 Å². The number of aryl methyl sites for hydroxylation is 1. The van der Waals surface area contributed by atoms with Gasteiger partial charge < -0.3 is 14.5 Å². The Kier molecular flexibility index (Phi) is 5.74. The number of ether oxygens (including phenoxy) is 1. The van der Waals surface area contributed by atoms with Gasteiger partial charge in [0.15, 0.2) is 0 Å². The summed E-state index contributed by atoms with van der Waals surface area (Å²) in [6, 6.07) is 11.5. The molecule has 0 N–H and O–H groups in total. The highest BCUT2D eigenvalue weighted by molar-refractivity contribution is 5.76. The second kappa shape index (κ2) is 8.59. The number of nitrogens with zero attached hydrogens (tertiary/aromatic N) is 4. The zero-order valence-corrected chi connectivity index (χ0v) is 16.5.